The van der Waals surface area contributed by atoms with Crippen molar-refractivity contribution in [1.82, 2.24) is 5.32 Å². The SMILES string of the molecule is O=C(NC1CCCC(OCC(F)(F)F)C1)c1ccoc1Br. The highest BCUT2D eigenvalue weighted by Gasteiger charge is 2.31. The Bertz CT molecular complexity index is 489. The molecule has 1 aliphatic rings. The van der Waals surface area contributed by atoms with E-state index in [1.165, 1.54) is 12.3 Å². The van der Waals surface area contributed by atoms with Crippen LogP contribution >= 0.6 is 15.9 Å². The number of hydrogen-bond acceptors (Lipinski definition) is 3. The third-order valence-corrected chi connectivity index (χ3v) is 3.92. The van der Waals surface area contributed by atoms with Crippen molar-refractivity contribution < 1.29 is 27.1 Å². The van der Waals surface area contributed by atoms with Crippen LogP contribution in [0.2, 0.25) is 0 Å². The van der Waals surface area contributed by atoms with Crippen LogP contribution in [0, 0.1) is 0 Å². The first-order chi connectivity index (χ1) is 9.85. The third-order valence-electron chi connectivity index (χ3n) is 3.31. The fraction of sp³-hybridized carbons (Fsp3) is 0.615. The molecule has 1 N–H and O–H groups in total. The molecule has 1 aromatic heterocycles. The molecule has 0 aromatic carbocycles. The Morgan fingerprint density at radius 1 is 1.48 bits per heavy atom. The highest BCUT2D eigenvalue weighted by Crippen LogP contribution is 2.25. The maximum Gasteiger partial charge on any atom is 0.411 e. The van der Waals surface area contributed by atoms with Gasteiger partial charge in [0.15, 0.2) is 4.67 Å². The van der Waals surface area contributed by atoms with Crippen molar-refractivity contribution in [3.05, 3.63) is 22.6 Å². The Balaban J connectivity index is 1.84. The van der Waals surface area contributed by atoms with Gasteiger partial charge >= 0.3 is 6.18 Å². The summed E-state index contributed by atoms with van der Waals surface area (Å²) in [6.45, 7) is -1.24. The summed E-state index contributed by atoms with van der Waals surface area (Å²) in [6, 6.07) is 1.34. The van der Waals surface area contributed by atoms with E-state index >= 15 is 0 Å². The quantitative estimate of drug-likeness (QED) is 0.880. The molecule has 118 valence electrons. The van der Waals surface area contributed by atoms with Gasteiger partial charge in [0.25, 0.3) is 5.91 Å². The Morgan fingerprint density at radius 3 is 2.86 bits per heavy atom. The third kappa shape index (κ3) is 5.03. The predicted molar refractivity (Wildman–Crippen MR) is 71.9 cm³/mol. The molecule has 2 rings (SSSR count). The van der Waals surface area contributed by atoms with E-state index in [0.717, 1.165) is 12.8 Å². The molecule has 4 nitrogen and oxygen atoms in total. The van der Waals surface area contributed by atoms with Gasteiger partial charge in [-0.3, -0.25) is 4.79 Å². The van der Waals surface area contributed by atoms with E-state index in [1.54, 1.807) is 0 Å². The van der Waals surface area contributed by atoms with Gasteiger partial charge in [0.05, 0.1) is 17.9 Å². The average molecular weight is 370 g/mol. The molecule has 1 aliphatic carbocycles. The first kappa shape index (κ1) is 16.4. The van der Waals surface area contributed by atoms with Crippen LogP contribution in [0.4, 0.5) is 13.2 Å². The van der Waals surface area contributed by atoms with Gasteiger partial charge in [-0.2, -0.15) is 13.2 Å². The van der Waals surface area contributed by atoms with E-state index in [0.29, 0.717) is 23.1 Å². The maximum atomic E-state index is 12.1. The number of ether oxygens (including phenoxy) is 1. The first-order valence-electron chi connectivity index (χ1n) is 6.57. The van der Waals surface area contributed by atoms with E-state index in [1.807, 2.05) is 0 Å². The monoisotopic (exact) mass is 369 g/mol. The molecule has 2 atom stereocenters. The minimum Gasteiger partial charge on any atom is -0.457 e. The fourth-order valence-corrected chi connectivity index (χ4v) is 2.78. The summed E-state index contributed by atoms with van der Waals surface area (Å²) in [5.41, 5.74) is 0.369. The van der Waals surface area contributed by atoms with Gasteiger partial charge in [-0.1, -0.05) is 0 Å². The zero-order valence-corrected chi connectivity index (χ0v) is 12.7. The summed E-state index contributed by atoms with van der Waals surface area (Å²) in [6.07, 6.45) is -0.992. The largest absolute Gasteiger partial charge is 0.457 e. The number of carbonyl (C=O) groups excluding carboxylic acids is 1. The van der Waals surface area contributed by atoms with Crippen LogP contribution in [0.25, 0.3) is 0 Å². The Morgan fingerprint density at radius 2 is 2.24 bits per heavy atom. The standard InChI is InChI=1S/C13H15BrF3NO3/c14-11-10(4-5-20-11)12(19)18-8-2-1-3-9(6-8)21-7-13(15,16)17/h4-5,8-9H,1-3,6-7H2,(H,18,19). The number of alkyl halides is 3. The summed E-state index contributed by atoms with van der Waals surface area (Å²) in [5.74, 6) is -0.308. The summed E-state index contributed by atoms with van der Waals surface area (Å²) < 4.78 is 46.6. The molecule has 1 aromatic rings. The maximum absolute atomic E-state index is 12.1. The summed E-state index contributed by atoms with van der Waals surface area (Å²) in [5, 5.41) is 2.80. The number of rotatable bonds is 4. The molecule has 2 unspecified atom stereocenters. The molecule has 0 radical (unpaired) electrons. The molecule has 0 aliphatic heterocycles. The lowest BCUT2D eigenvalue weighted by Crippen LogP contribution is -2.41. The van der Waals surface area contributed by atoms with Gasteiger partial charge < -0.3 is 14.5 Å². The average Bonchev–Trinajstić information content (AvgIpc) is 2.82. The smallest absolute Gasteiger partial charge is 0.411 e. The van der Waals surface area contributed by atoms with Crippen LogP contribution in [-0.2, 0) is 4.74 Å². The Kier molecular flexibility index (Phi) is 5.32. The van der Waals surface area contributed by atoms with E-state index in [-0.39, 0.29) is 11.9 Å². The normalized spacial score (nSPS) is 23.0. The van der Waals surface area contributed by atoms with E-state index < -0.39 is 18.9 Å². The van der Waals surface area contributed by atoms with E-state index in [4.69, 9.17) is 9.15 Å². The molecule has 0 bridgehead atoms. The number of nitrogens with one attached hydrogen (secondary N) is 1. The van der Waals surface area contributed by atoms with Crippen molar-refractivity contribution in [2.24, 2.45) is 0 Å². The zero-order valence-electron chi connectivity index (χ0n) is 11.1. The highest BCUT2D eigenvalue weighted by atomic mass is 79.9. The van der Waals surface area contributed by atoms with Crippen LogP contribution in [-0.4, -0.2) is 30.8 Å². The molecule has 1 saturated carbocycles. The first-order valence-corrected chi connectivity index (χ1v) is 7.36. The Labute approximate surface area is 128 Å². The molecular formula is C13H15BrF3NO3. The zero-order chi connectivity index (χ0) is 15.5. The molecule has 1 heterocycles. The van der Waals surface area contributed by atoms with Crippen molar-refractivity contribution in [1.29, 1.82) is 0 Å². The van der Waals surface area contributed by atoms with Crippen LogP contribution in [0.5, 0.6) is 0 Å². The second-order valence-electron chi connectivity index (χ2n) is 4.99. The number of amides is 1. The van der Waals surface area contributed by atoms with Crippen molar-refractivity contribution in [2.75, 3.05) is 6.61 Å². The van der Waals surface area contributed by atoms with E-state index in [2.05, 4.69) is 21.2 Å². The van der Waals surface area contributed by atoms with E-state index in [9.17, 15) is 18.0 Å². The number of hydrogen-bond donors (Lipinski definition) is 1. The highest BCUT2D eigenvalue weighted by molar-refractivity contribution is 9.10. The van der Waals surface area contributed by atoms with Crippen LogP contribution in [0.3, 0.4) is 0 Å². The number of halogens is 4. The van der Waals surface area contributed by atoms with Crippen LogP contribution in [0.1, 0.15) is 36.0 Å². The lowest BCUT2D eigenvalue weighted by atomic mass is 9.92. The van der Waals surface area contributed by atoms with Crippen molar-refractivity contribution in [3.63, 3.8) is 0 Å². The lowest BCUT2D eigenvalue weighted by Gasteiger charge is -2.30. The fourth-order valence-electron chi connectivity index (χ4n) is 2.36. The number of furan rings is 1. The predicted octanol–water partition coefficient (Wildman–Crippen LogP) is 3.66. The van der Waals surface area contributed by atoms with Crippen molar-refractivity contribution in [3.8, 4) is 0 Å². The van der Waals surface area contributed by atoms with Crippen LogP contribution < -0.4 is 5.32 Å². The minimum atomic E-state index is -4.32. The molecule has 21 heavy (non-hydrogen) atoms. The molecule has 1 amide bonds. The summed E-state index contributed by atoms with van der Waals surface area (Å²) >= 11 is 3.11. The second-order valence-corrected chi connectivity index (χ2v) is 5.71. The Hall–Kier alpha value is -1.02. The van der Waals surface area contributed by atoms with Gasteiger partial charge in [-0.15, -0.1) is 0 Å². The van der Waals surface area contributed by atoms with Gasteiger partial charge in [-0.25, -0.2) is 0 Å². The van der Waals surface area contributed by atoms with Crippen LogP contribution in [0.15, 0.2) is 21.4 Å². The number of carbonyl (C=O) groups is 1. The molecule has 0 spiro atoms. The lowest BCUT2D eigenvalue weighted by molar-refractivity contribution is -0.188. The second kappa shape index (κ2) is 6.83. The molecule has 8 heteroatoms. The van der Waals surface area contributed by atoms with Gasteiger partial charge in [-0.05, 0) is 47.7 Å². The van der Waals surface area contributed by atoms with Crippen molar-refractivity contribution in [2.45, 2.75) is 44.0 Å². The molecule has 0 saturated heterocycles. The summed E-state index contributed by atoms with van der Waals surface area (Å²) in [7, 11) is 0. The minimum absolute atomic E-state index is 0.189. The molecule has 1 fully saturated rings. The molecular weight excluding hydrogens is 355 g/mol. The van der Waals surface area contributed by atoms with Crippen molar-refractivity contribution >= 4 is 21.8 Å². The van der Waals surface area contributed by atoms with Gasteiger partial charge in [0.2, 0.25) is 0 Å². The van der Waals surface area contributed by atoms with Gasteiger partial charge in [0.1, 0.15) is 6.61 Å². The topological polar surface area (TPSA) is 51.5 Å². The summed E-state index contributed by atoms with van der Waals surface area (Å²) in [4.78, 5) is 12.0. The van der Waals surface area contributed by atoms with Gasteiger partial charge in [0, 0.05) is 6.04 Å².